The van der Waals surface area contributed by atoms with Crippen LogP contribution < -0.4 is 5.73 Å². The molecule has 2 aromatic carbocycles. The van der Waals surface area contributed by atoms with Crippen molar-refractivity contribution >= 4 is 18.3 Å². The molecular weight excluding hydrogens is 346 g/mol. The van der Waals surface area contributed by atoms with Crippen molar-refractivity contribution in [3.05, 3.63) is 59.7 Å². The molecule has 6 heteroatoms. The van der Waals surface area contributed by atoms with E-state index in [2.05, 4.69) is 0 Å². The molecule has 0 spiro atoms. The highest BCUT2D eigenvalue weighted by molar-refractivity contribution is 5.95. The van der Waals surface area contributed by atoms with Gasteiger partial charge in [0.2, 0.25) is 0 Å². The zero-order chi connectivity index (χ0) is 17.9. The first kappa shape index (κ1) is 21.1. The Labute approximate surface area is 153 Å². The van der Waals surface area contributed by atoms with Gasteiger partial charge in [0.15, 0.2) is 0 Å². The van der Waals surface area contributed by atoms with Crippen LogP contribution in [0, 0.1) is 17.0 Å². The summed E-state index contributed by atoms with van der Waals surface area (Å²) in [5.74, 6) is -1.34. The summed E-state index contributed by atoms with van der Waals surface area (Å²) < 4.78 is 27.4. The monoisotopic (exact) mass is 368 g/mol. The molecule has 0 radical (unpaired) electrons. The molecule has 0 fully saturated rings. The van der Waals surface area contributed by atoms with E-state index in [-0.39, 0.29) is 35.1 Å². The topological polar surface area (TPSA) is 46.3 Å². The maximum absolute atomic E-state index is 14.4. The van der Waals surface area contributed by atoms with Crippen molar-refractivity contribution in [3.63, 3.8) is 0 Å². The van der Waals surface area contributed by atoms with Crippen molar-refractivity contribution in [1.82, 2.24) is 4.90 Å². The van der Waals surface area contributed by atoms with Gasteiger partial charge in [0, 0.05) is 13.6 Å². The van der Waals surface area contributed by atoms with Gasteiger partial charge in [-0.3, -0.25) is 4.79 Å². The number of hydrogen-bond acceptors (Lipinski definition) is 2. The van der Waals surface area contributed by atoms with Crippen LogP contribution in [-0.2, 0) is 0 Å². The van der Waals surface area contributed by atoms with Crippen molar-refractivity contribution in [2.24, 2.45) is 11.1 Å². The quantitative estimate of drug-likeness (QED) is 0.863. The second-order valence-electron chi connectivity index (χ2n) is 6.73. The Morgan fingerprint density at radius 3 is 2.16 bits per heavy atom. The van der Waals surface area contributed by atoms with Gasteiger partial charge < -0.3 is 10.6 Å². The van der Waals surface area contributed by atoms with E-state index in [0.717, 1.165) is 0 Å². The van der Waals surface area contributed by atoms with Gasteiger partial charge in [0.25, 0.3) is 5.91 Å². The summed E-state index contributed by atoms with van der Waals surface area (Å²) in [6.07, 6.45) is 0. The van der Waals surface area contributed by atoms with E-state index in [1.807, 2.05) is 13.8 Å². The summed E-state index contributed by atoms with van der Waals surface area (Å²) in [4.78, 5) is 13.9. The maximum Gasteiger partial charge on any atom is 0.256 e. The lowest BCUT2D eigenvalue weighted by atomic mass is 9.93. The Balaban J connectivity index is 0.00000312. The Bertz CT molecular complexity index is 733. The smallest absolute Gasteiger partial charge is 0.256 e. The predicted molar refractivity (Wildman–Crippen MR) is 98.8 cm³/mol. The van der Waals surface area contributed by atoms with E-state index >= 15 is 0 Å². The minimum atomic E-state index is -0.598. The van der Waals surface area contributed by atoms with E-state index in [1.54, 1.807) is 25.2 Å². The predicted octanol–water partition coefficient (Wildman–Crippen LogP) is 4.11. The third-order valence-corrected chi connectivity index (χ3v) is 3.94. The summed E-state index contributed by atoms with van der Waals surface area (Å²) in [5.41, 5.74) is 6.73. The van der Waals surface area contributed by atoms with Gasteiger partial charge in [-0.15, -0.1) is 12.4 Å². The van der Waals surface area contributed by atoms with E-state index in [1.165, 1.54) is 29.2 Å². The van der Waals surface area contributed by atoms with E-state index in [4.69, 9.17) is 5.73 Å². The summed E-state index contributed by atoms with van der Waals surface area (Å²) in [6, 6.07) is 10.2. The molecule has 0 bridgehead atoms. The Hall–Kier alpha value is -1.98. The number of benzene rings is 2. The first-order chi connectivity index (χ1) is 11.2. The molecule has 0 unspecified atom stereocenters. The fourth-order valence-electron chi connectivity index (χ4n) is 2.49. The Morgan fingerprint density at radius 1 is 1.08 bits per heavy atom. The molecule has 0 aliphatic carbocycles. The molecule has 0 aliphatic rings. The molecular formula is C19H23ClF2N2O. The average molecular weight is 369 g/mol. The SMILES string of the molecule is CN(CC(C)(C)CN)C(=O)c1ccc(-c2ccc(F)cc2)cc1F.Cl. The molecule has 0 saturated carbocycles. The number of hydrogen-bond donors (Lipinski definition) is 1. The third kappa shape index (κ3) is 5.25. The molecule has 2 aromatic rings. The lowest BCUT2D eigenvalue weighted by Gasteiger charge is -2.29. The minimum absolute atomic E-state index is 0. The highest BCUT2D eigenvalue weighted by atomic mass is 35.5. The minimum Gasteiger partial charge on any atom is -0.341 e. The zero-order valence-electron chi connectivity index (χ0n) is 14.6. The largest absolute Gasteiger partial charge is 0.341 e. The molecule has 25 heavy (non-hydrogen) atoms. The Kier molecular flexibility index (Phi) is 7.08. The lowest BCUT2D eigenvalue weighted by molar-refractivity contribution is 0.0736. The van der Waals surface area contributed by atoms with Gasteiger partial charge in [-0.05, 0) is 47.4 Å². The van der Waals surface area contributed by atoms with Crippen LogP contribution in [0.4, 0.5) is 8.78 Å². The normalized spacial score (nSPS) is 11.0. The van der Waals surface area contributed by atoms with Crippen molar-refractivity contribution < 1.29 is 13.6 Å². The van der Waals surface area contributed by atoms with Gasteiger partial charge >= 0.3 is 0 Å². The number of amides is 1. The van der Waals surface area contributed by atoms with Crippen molar-refractivity contribution in [2.45, 2.75) is 13.8 Å². The van der Waals surface area contributed by atoms with Gasteiger partial charge in [-0.2, -0.15) is 0 Å². The number of halogens is 3. The number of carbonyl (C=O) groups excluding carboxylic acids is 1. The number of nitrogens with zero attached hydrogens (tertiary/aromatic N) is 1. The highest BCUT2D eigenvalue weighted by Crippen LogP contribution is 2.23. The van der Waals surface area contributed by atoms with E-state index in [0.29, 0.717) is 24.2 Å². The first-order valence-electron chi connectivity index (χ1n) is 7.74. The fraction of sp³-hybridized carbons (Fsp3) is 0.316. The van der Waals surface area contributed by atoms with Crippen LogP contribution >= 0.6 is 12.4 Å². The molecule has 0 aliphatic heterocycles. The van der Waals surface area contributed by atoms with Crippen molar-refractivity contribution in [3.8, 4) is 11.1 Å². The molecule has 136 valence electrons. The number of nitrogens with two attached hydrogens (primary N) is 1. The molecule has 0 heterocycles. The average Bonchev–Trinajstić information content (AvgIpc) is 2.54. The standard InChI is InChI=1S/C19H22F2N2O.ClH/c1-19(2,11-22)12-23(3)18(24)16-9-6-14(10-17(16)21)13-4-7-15(20)8-5-13;/h4-10H,11-12,22H2,1-3H3;1H. The van der Waals surface area contributed by atoms with Gasteiger partial charge in [-0.1, -0.05) is 32.0 Å². The van der Waals surface area contributed by atoms with Crippen LogP contribution in [0.5, 0.6) is 0 Å². The van der Waals surface area contributed by atoms with Crippen LogP contribution in [-0.4, -0.2) is 30.9 Å². The molecule has 0 atom stereocenters. The summed E-state index contributed by atoms with van der Waals surface area (Å²) >= 11 is 0. The van der Waals surface area contributed by atoms with Crippen LogP contribution in [0.2, 0.25) is 0 Å². The van der Waals surface area contributed by atoms with Gasteiger partial charge in [-0.25, -0.2) is 8.78 Å². The van der Waals surface area contributed by atoms with Crippen LogP contribution in [0.25, 0.3) is 11.1 Å². The summed E-state index contributed by atoms with van der Waals surface area (Å²) in [6.45, 7) is 4.76. The first-order valence-corrected chi connectivity index (χ1v) is 7.74. The fourth-order valence-corrected chi connectivity index (χ4v) is 2.49. The summed E-state index contributed by atoms with van der Waals surface area (Å²) in [7, 11) is 1.63. The Morgan fingerprint density at radius 2 is 1.64 bits per heavy atom. The lowest BCUT2D eigenvalue weighted by Crippen LogP contribution is -2.40. The maximum atomic E-state index is 14.4. The second-order valence-corrected chi connectivity index (χ2v) is 6.73. The van der Waals surface area contributed by atoms with E-state index in [9.17, 15) is 13.6 Å². The van der Waals surface area contributed by atoms with Crippen molar-refractivity contribution in [1.29, 1.82) is 0 Å². The second kappa shape index (κ2) is 8.41. The molecule has 0 aromatic heterocycles. The van der Waals surface area contributed by atoms with Crippen LogP contribution in [0.3, 0.4) is 0 Å². The van der Waals surface area contributed by atoms with Gasteiger partial charge in [0.05, 0.1) is 5.56 Å². The summed E-state index contributed by atoms with van der Waals surface area (Å²) in [5, 5.41) is 0. The third-order valence-electron chi connectivity index (χ3n) is 3.94. The van der Waals surface area contributed by atoms with Crippen LogP contribution in [0.1, 0.15) is 24.2 Å². The molecule has 2 rings (SSSR count). The van der Waals surface area contributed by atoms with Gasteiger partial charge in [0.1, 0.15) is 11.6 Å². The number of rotatable bonds is 5. The highest BCUT2D eigenvalue weighted by Gasteiger charge is 2.23. The zero-order valence-corrected chi connectivity index (χ0v) is 15.4. The molecule has 1 amide bonds. The van der Waals surface area contributed by atoms with Crippen molar-refractivity contribution in [2.75, 3.05) is 20.1 Å². The molecule has 3 nitrogen and oxygen atoms in total. The van der Waals surface area contributed by atoms with E-state index < -0.39 is 5.82 Å². The molecule has 0 saturated heterocycles. The van der Waals surface area contributed by atoms with Crippen LogP contribution in [0.15, 0.2) is 42.5 Å². The molecule has 2 N–H and O–H groups in total. The number of carbonyl (C=O) groups is 1.